The molecule has 0 spiro atoms. The van der Waals surface area contributed by atoms with Crippen molar-refractivity contribution < 1.29 is 4.79 Å². The monoisotopic (exact) mass is 643 g/mol. The van der Waals surface area contributed by atoms with Crippen LogP contribution in [0.5, 0.6) is 0 Å². The molecule has 4 saturated carbocycles. The van der Waals surface area contributed by atoms with E-state index in [1.165, 1.54) is 47.7 Å². The fourth-order valence-corrected chi connectivity index (χ4v) is 9.80. The Balaban J connectivity index is 0.971. The second kappa shape index (κ2) is 10.7. The van der Waals surface area contributed by atoms with Gasteiger partial charge in [0, 0.05) is 29.8 Å². The van der Waals surface area contributed by atoms with Crippen LogP contribution in [-0.2, 0) is 11.2 Å². The molecule has 0 atom stereocenters. The second-order valence-corrected chi connectivity index (χ2v) is 14.4. The zero-order chi connectivity index (χ0) is 27.1. The Bertz CT molecular complexity index is 1470. The van der Waals surface area contributed by atoms with Gasteiger partial charge < -0.3 is 5.32 Å². The third-order valence-electron chi connectivity index (χ3n) is 9.46. The zero-order valence-electron chi connectivity index (χ0n) is 22.7. The maximum atomic E-state index is 13.4. The molecule has 0 amide bonds. The number of hydrogen-bond donors (Lipinski definition) is 1. The summed E-state index contributed by atoms with van der Waals surface area (Å²) in [5, 5.41) is 14.5. The average molecular weight is 644 g/mol. The topological polar surface area (TPSA) is 81.4 Å². The molecule has 4 fully saturated rings. The lowest BCUT2D eigenvalue weighted by molar-refractivity contribution is -0.144. The number of halogens is 1. The Morgan fingerprint density at radius 3 is 2.50 bits per heavy atom. The van der Waals surface area contributed by atoms with E-state index in [9.17, 15) is 4.79 Å². The molecule has 1 aromatic heterocycles. The van der Waals surface area contributed by atoms with Crippen LogP contribution in [0.3, 0.4) is 0 Å². The number of rotatable bonds is 9. The Kier molecular flexibility index (Phi) is 6.91. The van der Waals surface area contributed by atoms with Crippen LogP contribution in [-0.4, -0.2) is 10.8 Å². The van der Waals surface area contributed by atoms with E-state index in [1.54, 1.807) is 12.1 Å². The SMILES string of the molecule is N#Cc1ccc(Nc2cc3c(cn2)I=NN3c2cccc(CCCCC(=O)C34CC5CC(CC(C5)C3)C4)c2)cc1. The van der Waals surface area contributed by atoms with Crippen molar-refractivity contribution in [3.05, 3.63) is 75.5 Å². The second-order valence-electron chi connectivity index (χ2n) is 12.3. The minimum atomic E-state index is -0.481. The molecule has 8 rings (SSSR count). The van der Waals surface area contributed by atoms with Crippen LogP contribution in [0, 0.1) is 38.1 Å². The molecule has 2 aromatic carbocycles. The Labute approximate surface area is 246 Å². The maximum absolute atomic E-state index is 13.4. The highest BCUT2D eigenvalue weighted by molar-refractivity contribution is 14.2. The van der Waals surface area contributed by atoms with Crippen molar-refractivity contribution in [2.24, 2.45) is 26.4 Å². The molecular weight excluding hydrogens is 609 g/mol. The van der Waals surface area contributed by atoms with Crippen molar-refractivity contribution in [2.45, 2.75) is 64.2 Å². The molecule has 6 nitrogen and oxygen atoms in total. The van der Waals surface area contributed by atoms with Gasteiger partial charge in [-0.2, -0.15) is 5.26 Å². The predicted octanol–water partition coefficient (Wildman–Crippen LogP) is 8.59. The molecule has 40 heavy (non-hydrogen) atoms. The van der Waals surface area contributed by atoms with Gasteiger partial charge in [-0.3, -0.25) is 4.79 Å². The van der Waals surface area contributed by atoms with Gasteiger partial charge in [0.25, 0.3) is 0 Å². The average Bonchev–Trinajstić information content (AvgIpc) is 3.38. The van der Waals surface area contributed by atoms with Crippen LogP contribution < -0.4 is 10.3 Å². The number of ketones is 1. The van der Waals surface area contributed by atoms with E-state index in [4.69, 9.17) is 8.52 Å². The Morgan fingerprint density at radius 1 is 1.02 bits per heavy atom. The number of benzene rings is 2. The lowest BCUT2D eigenvalue weighted by Crippen LogP contribution is -2.49. The Hall–Kier alpha value is -3.12. The third kappa shape index (κ3) is 5.07. The van der Waals surface area contributed by atoms with Gasteiger partial charge in [0.1, 0.15) is 11.6 Å². The number of unbranched alkanes of at least 4 members (excludes halogenated alkanes) is 1. The fourth-order valence-electron chi connectivity index (χ4n) is 7.98. The molecular formula is C33H34IN5O. The van der Waals surface area contributed by atoms with E-state index >= 15 is 0 Å². The fraction of sp³-hybridized carbons (Fsp3) is 0.424. The standard InChI is InChI=1S/C33H34IN5O/c35-20-23-8-10-27(11-9-23)37-32-16-30-29(21-36-32)34-38-39(30)28-6-3-5-22(15-28)4-1-2-7-31(40)33-17-24-12-25(18-33)14-26(13-24)19-33/h3,5-6,8-11,15-16,21,24-26H,1-2,4,7,12-14,17-19H2,(H,36,37). The number of aromatic nitrogens is 1. The highest BCUT2D eigenvalue weighted by Crippen LogP contribution is 2.60. The van der Waals surface area contributed by atoms with Crippen molar-refractivity contribution in [1.82, 2.24) is 4.98 Å². The van der Waals surface area contributed by atoms with Crippen molar-refractivity contribution >= 4 is 49.7 Å². The van der Waals surface area contributed by atoms with Gasteiger partial charge >= 0.3 is 0 Å². The number of nitrogens with one attached hydrogen (secondary N) is 1. The molecule has 0 unspecified atom stereocenters. The molecule has 3 aromatic rings. The number of carbonyl (C=O) groups is 1. The van der Waals surface area contributed by atoms with Gasteiger partial charge in [0.05, 0.1) is 47.6 Å². The molecule has 0 radical (unpaired) electrons. The van der Waals surface area contributed by atoms with Crippen LogP contribution in [0.1, 0.15) is 68.9 Å². The van der Waals surface area contributed by atoms with Gasteiger partial charge in [-0.05, 0) is 118 Å². The molecule has 1 aliphatic heterocycles. The van der Waals surface area contributed by atoms with Crippen molar-refractivity contribution in [1.29, 1.82) is 5.26 Å². The van der Waals surface area contributed by atoms with Crippen LogP contribution in [0.2, 0.25) is 0 Å². The van der Waals surface area contributed by atoms with Crippen molar-refractivity contribution in [3.8, 4) is 6.07 Å². The summed E-state index contributed by atoms with van der Waals surface area (Å²) in [6.45, 7) is 0. The first-order valence-electron chi connectivity index (χ1n) is 14.6. The Morgan fingerprint density at radius 2 is 1.77 bits per heavy atom. The first-order valence-corrected chi connectivity index (χ1v) is 16.7. The van der Waals surface area contributed by atoms with Gasteiger partial charge in [-0.15, -0.1) is 3.25 Å². The lowest BCUT2D eigenvalue weighted by atomic mass is 9.48. The van der Waals surface area contributed by atoms with E-state index in [0.717, 1.165) is 66.3 Å². The molecule has 2 heterocycles. The number of pyridine rings is 1. The molecule has 5 aliphatic rings. The number of nitrogens with zero attached hydrogens (tertiary/aromatic N) is 4. The predicted molar refractivity (Wildman–Crippen MR) is 166 cm³/mol. The smallest absolute Gasteiger partial charge is 0.139 e. The van der Waals surface area contributed by atoms with Gasteiger partial charge in [0.15, 0.2) is 0 Å². The summed E-state index contributed by atoms with van der Waals surface area (Å²) in [6.07, 6.45) is 13.4. The maximum Gasteiger partial charge on any atom is 0.139 e. The lowest BCUT2D eigenvalue weighted by Gasteiger charge is -2.56. The summed E-state index contributed by atoms with van der Waals surface area (Å²) in [4.78, 5) is 18.0. The van der Waals surface area contributed by atoms with E-state index in [0.29, 0.717) is 11.3 Å². The highest BCUT2D eigenvalue weighted by atomic mass is 127. The summed E-state index contributed by atoms with van der Waals surface area (Å²) < 4.78 is 6.10. The third-order valence-corrected chi connectivity index (χ3v) is 11.5. The number of fused-ring (bicyclic) bond motifs is 1. The summed E-state index contributed by atoms with van der Waals surface area (Å²) >= 11 is -0.481. The molecule has 204 valence electrons. The van der Waals surface area contributed by atoms with Crippen molar-refractivity contribution in [3.63, 3.8) is 0 Å². The van der Waals surface area contributed by atoms with Crippen molar-refractivity contribution in [2.75, 3.05) is 10.3 Å². The molecule has 4 aliphatic carbocycles. The molecule has 1 N–H and O–H groups in total. The summed E-state index contributed by atoms with van der Waals surface area (Å²) in [6, 6.07) is 20.3. The van der Waals surface area contributed by atoms with Gasteiger partial charge in [-0.25, -0.2) is 9.99 Å². The number of carbonyl (C=O) groups excluding carboxylic acids is 1. The quantitative estimate of drug-likeness (QED) is 0.187. The summed E-state index contributed by atoms with van der Waals surface area (Å²) in [7, 11) is 0. The normalized spacial score (nSPS) is 25.8. The molecule has 7 heteroatoms. The van der Waals surface area contributed by atoms with Gasteiger partial charge in [-0.1, -0.05) is 12.1 Å². The number of hydrogen-bond acceptors (Lipinski definition) is 6. The van der Waals surface area contributed by atoms with E-state index in [1.807, 2.05) is 18.3 Å². The van der Waals surface area contributed by atoms with E-state index < -0.39 is 21.0 Å². The largest absolute Gasteiger partial charge is 0.340 e. The summed E-state index contributed by atoms with van der Waals surface area (Å²) in [5.74, 6) is 3.84. The molecule has 0 saturated heterocycles. The number of nitriles is 1. The summed E-state index contributed by atoms with van der Waals surface area (Å²) in [5.41, 5.74) is 5.04. The minimum Gasteiger partial charge on any atom is -0.340 e. The van der Waals surface area contributed by atoms with Crippen LogP contribution >= 0.6 is 21.0 Å². The number of Topliss-reactive ketones (excluding diaryl/α,β-unsaturated/α-hetero) is 1. The van der Waals surface area contributed by atoms with E-state index in [2.05, 4.69) is 51.7 Å². The van der Waals surface area contributed by atoms with E-state index in [-0.39, 0.29) is 5.41 Å². The first-order chi connectivity index (χ1) is 19.6. The van der Waals surface area contributed by atoms with Crippen LogP contribution in [0.25, 0.3) is 0 Å². The van der Waals surface area contributed by atoms with Gasteiger partial charge in [0.2, 0.25) is 0 Å². The zero-order valence-corrected chi connectivity index (χ0v) is 24.8. The molecule has 4 bridgehead atoms. The van der Waals surface area contributed by atoms with Crippen LogP contribution in [0.15, 0.2) is 64.0 Å². The van der Waals surface area contributed by atoms with Crippen LogP contribution in [0.4, 0.5) is 22.9 Å². The number of anilines is 4. The number of aryl methyl sites for hydroxylation is 1. The minimum absolute atomic E-state index is 0.0467. The highest BCUT2D eigenvalue weighted by Gasteiger charge is 2.53. The first kappa shape index (κ1) is 25.8.